The summed E-state index contributed by atoms with van der Waals surface area (Å²) in [5.41, 5.74) is 0.156. The number of methoxy groups -OCH3 is 1. The molecule has 0 saturated heterocycles. The first-order valence-corrected chi connectivity index (χ1v) is 5.13. The largest absolute Gasteiger partial charge is 0.496 e. The maximum atomic E-state index is 10.6. The lowest BCUT2D eigenvalue weighted by Crippen LogP contribution is -1.92. The Labute approximate surface area is 92.5 Å². The van der Waals surface area contributed by atoms with E-state index < -0.39 is 15.4 Å². The first-order valence-electron chi connectivity index (χ1n) is 4.10. The highest BCUT2D eigenvalue weighted by atomic mass is 32.2. The number of non-ortho nitro benzene ring substituents is 1. The third-order valence-electron chi connectivity index (χ3n) is 1.92. The Morgan fingerprint density at radius 1 is 1.44 bits per heavy atom. The minimum atomic E-state index is -2.66. The summed E-state index contributed by atoms with van der Waals surface area (Å²) in [6.07, 6.45) is 0. The summed E-state index contributed by atoms with van der Waals surface area (Å²) in [6.45, 7) is 1.56. The summed E-state index contributed by atoms with van der Waals surface area (Å²) in [5.74, 6) is 0.221. The van der Waals surface area contributed by atoms with Crippen molar-refractivity contribution in [3.05, 3.63) is 27.8 Å². The molecule has 0 aliphatic carbocycles. The molecule has 7 nitrogen and oxygen atoms in total. The lowest BCUT2D eigenvalue weighted by Gasteiger charge is -2.05. The summed E-state index contributed by atoms with van der Waals surface area (Å²) >= 11 is 0. The Morgan fingerprint density at radius 2 is 2.06 bits per heavy atom. The van der Waals surface area contributed by atoms with Crippen LogP contribution in [0, 0.1) is 17.0 Å². The van der Waals surface area contributed by atoms with Gasteiger partial charge in [-0.25, -0.2) is 0 Å². The second-order valence-electron chi connectivity index (χ2n) is 2.86. The number of nitro benzene ring substituents is 1. The lowest BCUT2D eigenvalue weighted by atomic mass is 10.1. The number of benzene rings is 1. The fourth-order valence-electron chi connectivity index (χ4n) is 1.15. The highest BCUT2D eigenvalue weighted by Gasteiger charge is 2.14. The highest BCUT2D eigenvalue weighted by molar-refractivity contribution is 7.61. The summed E-state index contributed by atoms with van der Waals surface area (Å²) in [5, 5.41) is 10.6. The molecule has 0 heterocycles. The Kier molecular flexibility index (Phi) is 3.56. The van der Waals surface area contributed by atoms with E-state index in [0.717, 1.165) is 6.07 Å². The highest BCUT2D eigenvalue weighted by Crippen LogP contribution is 2.33. The Morgan fingerprint density at radius 3 is 2.50 bits per heavy atom. The van der Waals surface area contributed by atoms with Gasteiger partial charge >= 0.3 is 10.5 Å². The lowest BCUT2D eigenvalue weighted by molar-refractivity contribution is -0.384. The molecular weight excluding hydrogens is 236 g/mol. The average Bonchev–Trinajstić information content (AvgIpc) is 2.20. The van der Waals surface area contributed by atoms with E-state index in [1.165, 1.54) is 13.2 Å². The number of nitrogens with zero attached hydrogens (tertiary/aromatic N) is 2. The molecule has 0 saturated carbocycles. The van der Waals surface area contributed by atoms with Crippen LogP contribution in [0.25, 0.3) is 0 Å². The second-order valence-corrected chi connectivity index (χ2v) is 3.47. The molecule has 0 fully saturated rings. The van der Waals surface area contributed by atoms with Crippen molar-refractivity contribution in [3.63, 3.8) is 0 Å². The standard InChI is InChI=1S/C8H8N2O5S/c1-5-7(9-16(13)14)3-6(10(11)12)4-8(5)15-2/h3-4H,1-2H3. The molecule has 0 aromatic heterocycles. The number of hydrogen-bond acceptors (Lipinski definition) is 6. The Balaban J connectivity index is 3.53. The van der Waals surface area contributed by atoms with Gasteiger partial charge in [0, 0.05) is 11.6 Å². The number of rotatable bonds is 3. The van der Waals surface area contributed by atoms with E-state index in [0.29, 0.717) is 5.56 Å². The van der Waals surface area contributed by atoms with Crippen LogP contribution in [-0.2, 0) is 10.5 Å². The maximum Gasteiger partial charge on any atom is 0.316 e. The summed E-state index contributed by atoms with van der Waals surface area (Å²) < 4.78 is 29.0. The van der Waals surface area contributed by atoms with Crippen molar-refractivity contribution in [2.75, 3.05) is 7.11 Å². The number of nitro groups is 1. The van der Waals surface area contributed by atoms with Gasteiger partial charge in [-0.3, -0.25) is 10.1 Å². The van der Waals surface area contributed by atoms with Gasteiger partial charge in [-0.1, -0.05) is 0 Å². The van der Waals surface area contributed by atoms with Crippen LogP contribution in [0.15, 0.2) is 16.5 Å². The minimum Gasteiger partial charge on any atom is -0.496 e. The normalized spacial score (nSPS) is 9.62. The molecule has 0 spiro atoms. The molecule has 0 aliphatic heterocycles. The third kappa shape index (κ3) is 2.54. The molecule has 1 aromatic carbocycles. The van der Waals surface area contributed by atoms with Gasteiger partial charge in [0.25, 0.3) is 5.69 Å². The molecule has 86 valence electrons. The summed E-state index contributed by atoms with van der Waals surface area (Å²) in [4.78, 5) is 9.93. The quantitative estimate of drug-likeness (QED) is 0.594. The zero-order valence-corrected chi connectivity index (χ0v) is 9.32. The topological polar surface area (TPSA) is 98.9 Å². The van der Waals surface area contributed by atoms with Crippen LogP contribution in [0.5, 0.6) is 5.75 Å². The van der Waals surface area contributed by atoms with E-state index in [4.69, 9.17) is 4.74 Å². The van der Waals surface area contributed by atoms with Crippen LogP contribution in [0.4, 0.5) is 11.4 Å². The molecule has 8 heteroatoms. The van der Waals surface area contributed by atoms with Crippen molar-refractivity contribution in [2.45, 2.75) is 6.92 Å². The molecule has 0 atom stereocenters. The molecule has 0 N–H and O–H groups in total. The zero-order valence-electron chi connectivity index (χ0n) is 8.50. The predicted molar refractivity (Wildman–Crippen MR) is 55.4 cm³/mol. The molecule has 0 unspecified atom stereocenters. The fourth-order valence-corrected chi connectivity index (χ4v) is 1.50. The molecule has 0 bridgehead atoms. The van der Waals surface area contributed by atoms with E-state index >= 15 is 0 Å². The van der Waals surface area contributed by atoms with Crippen LogP contribution in [0.3, 0.4) is 0 Å². The van der Waals surface area contributed by atoms with E-state index in [1.807, 2.05) is 0 Å². The van der Waals surface area contributed by atoms with Gasteiger partial charge in [-0.05, 0) is 6.92 Å². The van der Waals surface area contributed by atoms with Crippen molar-refractivity contribution in [3.8, 4) is 5.75 Å². The second kappa shape index (κ2) is 4.71. The summed E-state index contributed by atoms with van der Waals surface area (Å²) in [7, 11) is -1.32. The summed E-state index contributed by atoms with van der Waals surface area (Å²) in [6, 6.07) is 2.29. The van der Waals surface area contributed by atoms with Crippen molar-refractivity contribution >= 4 is 21.9 Å². The Bertz CT molecular complexity index is 556. The smallest absolute Gasteiger partial charge is 0.316 e. The maximum absolute atomic E-state index is 10.6. The molecular formula is C8H8N2O5S. The van der Waals surface area contributed by atoms with E-state index in [9.17, 15) is 18.5 Å². The van der Waals surface area contributed by atoms with Gasteiger partial charge in [0.15, 0.2) is 0 Å². The third-order valence-corrected chi connectivity index (χ3v) is 2.27. The number of ether oxygens (including phenoxy) is 1. The average molecular weight is 244 g/mol. The van der Waals surface area contributed by atoms with E-state index in [1.54, 1.807) is 6.92 Å². The van der Waals surface area contributed by atoms with Crippen molar-refractivity contribution in [1.29, 1.82) is 0 Å². The predicted octanol–water partition coefficient (Wildman–Crippen LogP) is 1.61. The van der Waals surface area contributed by atoms with Crippen molar-refractivity contribution in [1.82, 2.24) is 0 Å². The fraction of sp³-hybridized carbons (Fsp3) is 0.250. The van der Waals surface area contributed by atoms with Gasteiger partial charge in [-0.2, -0.15) is 8.42 Å². The van der Waals surface area contributed by atoms with Crippen molar-refractivity contribution < 1.29 is 18.1 Å². The van der Waals surface area contributed by atoms with E-state index in [-0.39, 0.29) is 17.1 Å². The van der Waals surface area contributed by atoms with Gasteiger partial charge in [0.2, 0.25) is 0 Å². The minimum absolute atomic E-state index is 0.000571. The Hall–Kier alpha value is -1.96. The van der Waals surface area contributed by atoms with Gasteiger partial charge in [0.1, 0.15) is 5.75 Å². The first-order chi connectivity index (χ1) is 7.45. The monoisotopic (exact) mass is 244 g/mol. The molecule has 1 aromatic rings. The van der Waals surface area contributed by atoms with Gasteiger partial charge in [-0.15, -0.1) is 4.36 Å². The van der Waals surface area contributed by atoms with E-state index in [2.05, 4.69) is 4.36 Å². The van der Waals surface area contributed by atoms with Gasteiger partial charge < -0.3 is 4.74 Å². The SMILES string of the molecule is COc1cc([N+](=O)[O-])cc(N=S(=O)=O)c1C. The van der Waals surface area contributed by atoms with Crippen LogP contribution in [0.1, 0.15) is 5.56 Å². The molecule has 0 amide bonds. The molecule has 1 rings (SSSR count). The van der Waals surface area contributed by atoms with Gasteiger partial charge in [0.05, 0.1) is 23.8 Å². The van der Waals surface area contributed by atoms with Crippen LogP contribution >= 0.6 is 0 Å². The van der Waals surface area contributed by atoms with Crippen LogP contribution in [0.2, 0.25) is 0 Å². The number of hydrogen-bond donors (Lipinski definition) is 0. The molecule has 0 aliphatic rings. The first kappa shape index (κ1) is 12.1. The van der Waals surface area contributed by atoms with Crippen LogP contribution in [-0.4, -0.2) is 20.5 Å². The zero-order chi connectivity index (χ0) is 12.3. The molecule has 16 heavy (non-hydrogen) atoms. The molecule has 0 radical (unpaired) electrons. The van der Waals surface area contributed by atoms with Crippen molar-refractivity contribution in [2.24, 2.45) is 4.36 Å². The van der Waals surface area contributed by atoms with Crippen LogP contribution < -0.4 is 4.74 Å².